The predicted molar refractivity (Wildman–Crippen MR) is 69.7 cm³/mol. The molecule has 0 aromatic carbocycles. The average Bonchev–Trinajstić information content (AvgIpc) is 2.74. The summed E-state index contributed by atoms with van der Waals surface area (Å²) >= 11 is 1.73. The monoisotopic (exact) mass is 256 g/mol. The van der Waals surface area contributed by atoms with E-state index in [9.17, 15) is 0 Å². The summed E-state index contributed by atoms with van der Waals surface area (Å²) in [7, 11) is 0. The maximum absolute atomic E-state index is 4.54. The van der Waals surface area contributed by atoms with E-state index >= 15 is 0 Å². The summed E-state index contributed by atoms with van der Waals surface area (Å²) in [6, 6.07) is 4.04. The number of aromatic nitrogens is 2. The van der Waals surface area contributed by atoms with Crippen LogP contribution in [0.5, 0.6) is 0 Å². The third kappa shape index (κ3) is 2.11. The van der Waals surface area contributed by atoms with Crippen molar-refractivity contribution in [3.05, 3.63) is 18.3 Å². The van der Waals surface area contributed by atoms with Crippen LogP contribution in [0.25, 0.3) is 10.3 Å². The molecule has 2 aromatic rings. The molecule has 0 bridgehead atoms. The van der Waals surface area contributed by atoms with Crippen molar-refractivity contribution in [2.24, 2.45) is 0 Å². The minimum Gasteiger partial charge on any atom is -0.345 e. The van der Waals surface area contributed by atoms with Crippen LogP contribution in [0.1, 0.15) is 0 Å². The molecule has 3 heterocycles. The van der Waals surface area contributed by atoms with Crippen molar-refractivity contribution in [3.8, 4) is 0 Å². The number of anilines is 1. The van der Waals surface area contributed by atoms with Gasteiger partial charge < -0.3 is 10.2 Å². The highest BCUT2D eigenvalue weighted by molar-refractivity contribution is 7.22. The average molecular weight is 257 g/mol. The minimum atomic E-state index is 0. The van der Waals surface area contributed by atoms with Crippen molar-refractivity contribution in [2.45, 2.75) is 0 Å². The lowest BCUT2D eigenvalue weighted by Crippen LogP contribution is -2.43. The maximum Gasteiger partial charge on any atom is 0.188 e. The van der Waals surface area contributed by atoms with E-state index in [0.29, 0.717) is 0 Å². The number of piperazine rings is 1. The Morgan fingerprint density at radius 1 is 1.31 bits per heavy atom. The summed E-state index contributed by atoms with van der Waals surface area (Å²) < 4.78 is 1.17. The molecule has 6 heteroatoms. The number of thiazole rings is 1. The van der Waals surface area contributed by atoms with Crippen LogP contribution >= 0.6 is 23.7 Å². The van der Waals surface area contributed by atoms with Crippen LogP contribution in [0.4, 0.5) is 5.13 Å². The zero-order chi connectivity index (χ0) is 10.1. The molecule has 1 saturated heterocycles. The van der Waals surface area contributed by atoms with Gasteiger partial charge in [0.15, 0.2) is 10.8 Å². The maximum atomic E-state index is 4.54. The Morgan fingerprint density at radius 3 is 2.88 bits per heavy atom. The Hall–Kier alpha value is -0.910. The van der Waals surface area contributed by atoms with Crippen LogP contribution < -0.4 is 10.2 Å². The third-order valence-electron chi connectivity index (χ3n) is 2.54. The smallest absolute Gasteiger partial charge is 0.188 e. The molecule has 1 fully saturated rings. The first-order chi connectivity index (χ1) is 7.43. The molecule has 0 atom stereocenters. The second-order valence-corrected chi connectivity index (χ2v) is 4.57. The van der Waals surface area contributed by atoms with Crippen molar-refractivity contribution in [3.63, 3.8) is 0 Å². The van der Waals surface area contributed by atoms with Gasteiger partial charge in [-0.2, -0.15) is 4.98 Å². The zero-order valence-corrected chi connectivity index (χ0v) is 10.4. The molecule has 1 aliphatic rings. The van der Waals surface area contributed by atoms with Crippen molar-refractivity contribution in [1.29, 1.82) is 0 Å². The molecular weight excluding hydrogens is 244 g/mol. The van der Waals surface area contributed by atoms with E-state index in [1.54, 1.807) is 17.5 Å². The van der Waals surface area contributed by atoms with Gasteiger partial charge >= 0.3 is 0 Å². The molecule has 0 aliphatic carbocycles. The van der Waals surface area contributed by atoms with E-state index in [2.05, 4.69) is 26.3 Å². The first kappa shape index (κ1) is 11.6. The van der Waals surface area contributed by atoms with Crippen molar-refractivity contribution in [2.75, 3.05) is 31.1 Å². The number of nitrogens with one attached hydrogen (secondary N) is 1. The van der Waals surface area contributed by atoms with Crippen LogP contribution in [0.15, 0.2) is 18.3 Å². The molecule has 1 aliphatic heterocycles. The predicted octanol–water partition coefficient (Wildman–Crippen LogP) is 1.52. The summed E-state index contributed by atoms with van der Waals surface area (Å²) in [5.41, 5.74) is 0.871. The van der Waals surface area contributed by atoms with E-state index in [1.807, 2.05) is 6.07 Å². The van der Waals surface area contributed by atoms with Gasteiger partial charge in [0.25, 0.3) is 0 Å². The summed E-state index contributed by atoms with van der Waals surface area (Å²) in [5, 5.41) is 4.44. The summed E-state index contributed by atoms with van der Waals surface area (Å²) in [5.74, 6) is 0. The number of rotatable bonds is 1. The zero-order valence-electron chi connectivity index (χ0n) is 8.72. The van der Waals surface area contributed by atoms with E-state index < -0.39 is 0 Å². The molecule has 0 unspecified atom stereocenters. The van der Waals surface area contributed by atoms with E-state index in [-0.39, 0.29) is 12.4 Å². The molecule has 1 N–H and O–H groups in total. The lowest BCUT2D eigenvalue weighted by atomic mass is 10.4. The fourth-order valence-electron chi connectivity index (χ4n) is 1.75. The lowest BCUT2D eigenvalue weighted by Gasteiger charge is -2.26. The molecule has 0 radical (unpaired) electrons. The Morgan fingerprint density at radius 2 is 2.12 bits per heavy atom. The first-order valence-corrected chi connectivity index (χ1v) is 5.92. The summed E-state index contributed by atoms with van der Waals surface area (Å²) in [6.45, 7) is 4.17. The SMILES string of the molecule is Cl.c1cnc2nc(N3CCNCC3)sc2c1. The molecule has 3 rings (SSSR count). The number of hydrogen-bond acceptors (Lipinski definition) is 5. The molecule has 0 saturated carbocycles. The molecular formula is C10H13ClN4S. The second kappa shape index (κ2) is 4.95. The van der Waals surface area contributed by atoms with Gasteiger partial charge in [0.05, 0.1) is 4.70 Å². The van der Waals surface area contributed by atoms with Crippen LogP contribution in [0.2, 0.25) is 0 Å². The van der Waals surface area contributed by atoms with Crippen LogP contribution in [0.3, 0.4) is 0 Å². The normalized spacial score (nSPS) is 16.1. The second-order valence-electron chi connectivity index (χ2n) is 3.56. The number of pyridine rings is 1. The minimum absolute atomic E-state index is 0. The third-order valence-corrected chi connectivity index (χ3v) is 3.61. The van der Waals surface area contributed by atoms with Gasteiger partial charge in [-0.25, -0.2) is 4.98 Å². The van der Waals surface area contributed by atoms with Gasteiger partial charge in [-0.05, 0) is 12.1 Å². The fraction of sp³-hybridized carbons (Fsp3) is 0.400. The Labute approximate surface area is 104 Å². The topological polar surface area (TPSA) is 41.1 Å². The van der Waals surface area contributed by atoms with Gasteiger partial charge in [0.1, 0.15) is 0 Å². The number of fused-ring (bicyclic) bond motifs is 1. The number of hydrogen-bond donors (Lipinski definition) is 1. The van der Waals surface area contributed by atoms with Crippen molar-refractivity contribution in [1.82, 2.24) is 15.3 Å². The fourth-order valence-corrected chi connectivity index (χ4v) is 2.73. The highest BCUT2D eigenvalue weighted by Gasteiger charge is 2.14. The lowest BCUT2D eigenvalue weighted by molar-refractivity contribution is 0.588. The largest absolute Gasteiger partial charge is 0.345 e. The van der Waals surface area contributed by atoms with Gasteiger partial charge in [-0.3, -0.25) is 0 Å². The number of nitrogens with zero attached hydrogens (tertiary/aromatic N) is 3. The molecule has 16 heavy (non-hydrogen) atoms. The molecule has 2 aromatic heterocycles. The highest BCUT2D eigenvalue weighted by atomic mass is 35.5. The van der Waals surface area contributed by atoms with Gasteiger partial charge in [-0.15, -0.1) is 12.4 Å². The van der Waals surface area contributed by atoms with E-state index in [1.165, 1.54) is 4.70 Å². The van der Waals surface area contributed by atoms with Crippen LogP contribution in [-0.4, -0.2) is 36.1 Å². The van der Waals surface area contributed by atoms with Crippen molar-refractivity contribution >= 4 is 39.2 Å². The van der Waals surface area contributed by atoms with E-state index in [0.717, 1.165) is 37.0 Å². The van der Waals surface area contributed by atoms with Crippen LogP contribution in [-0.2, 0) is 0 Å². The van der Waals surface area contributed by atoms with E-state index in [4.69, 9.17) is 0 Å². The first-order valence-electron chi connectivity index (χ1n) is 5.11. The molecule has 86 valence electrons. The Bertz CT molecular complexity index is 434. The van der Waals surface area contributed by atoms with Crippen molar-refractivity contribution < 1.29 is 0 Å². The molecule has 0 amide bonds. The standard InChI is InChI=1S/C10H12N4S.ClH/c1-2-8-9(12-3-1)13-10(15-8)14-6-4-11-5-7-14;/h1-3,11H,4-7H2;1H. The quantitative estimate of drug-likeness (QED) is 0.840. The highest BCUT2D eigenvalue weighted by Crippen LogP contribution is 2.27. The Balaban J connectivity index is 0.000000963. The van der Waals surface area contributed by atoms with Gasteiger partial charge in [0, 0.05) is 32.4 Å². The Kier molecular flexibility index (Phi) is 3.58. The van der Waals surface area contributed by atoms with Crippen LogP contribution in [0, 0.1) is 0 Å². The summed E-state index contributed by atoms with van der Waals surface area (Å²) in [4.78, 5) is 11.1. The molecule has 4 nitrogen and oxygen atoms in total. The van der Waals surface area contributed by atoms with Gasteiger partial charge in [-0.1, -0.05) is 11.3 Å². The molecule has 0 spiro atoms. The summed E-state index contributed by atoms with van der Waals surface area (Å²) in [6.07, 6.45) is 1.80. The van der Waals surface area contributed by atoms with Gasteiger partial charge in [0.2, 0.25) is 0 Å². The number of halogens is 1.